The van der Waals surface area contributed by atoms with E-state index >= 15 is 0 Å². The average molecular weight is 262 g/mol. The first-order valence-corrected chi connectivity index (χ1v) is 7.14. The Labute approximate surface area is 114 Å². The summed E-state index contributed by atoms with van der Waals surface area (Å²) >= 11 is 0. The lowest BCUT2D eigenvalue weighted by Crippen LogP contribution is -2.39. The maximum absolute atomic E-state index is 11.3. The third-order valence-electron chi connectivity index (χ3n) is 3.63. The maximum atomic E-state index is 11.3. The van der Waals surface area contributed by atoms with Gasteiger partial charge in [0.15, 0.2) is 11.6 Å². The molecule has 1 unspecified atom stereocenters. The molecule has 0 aliphatic carbocycles. The molecule has 1 fully saturated rings. The molecule has 1 N–H and O–H groups in total. The molecule has 1 aromatic heterocycles. The second-order valence-corrected chi connectivity index (χ2v) is 4.93. The lowest BCUT2D eigenvalue weighted by molar-refractivity contribution is -0.115. The molecule has 5 heteroatoms. The molecule has 2 rings (SSSR count). The second kappa shape index (κ2) is 6.50. The Bertz CT molecular complexity index is 418. The van der Waals surface area contributed by atoms with Gasteiger partial charge in [0.05, 0.1) is 0 Å². The Morgan fingerprint density at radius 2 is 2.21 bits per heavy atom. The van der Waals surface area contributed by atoms with Gasteiger partial charge in [-0.1, -0.05) is 13.8 Å². The first kappa shape index (κ1) is 13.8. The molecule has 0 bridgehead atoms. The van der Waals surface area contributed by atoms with Crippen molar-refractivity contribution in [1.29, 1.82) is 0 Å². The quantitative estimate of drug-likeness (QED) is 0.906. The van der Waals surface area contributed by atoms with Crippen LogP contribution in [0.3, 0.4) is 0 Å². The van der Waals surface area contributed by atoms with Gasteiger partial charge in [-0.25, -0.2) is 0 Å². The summed E-state index contributed by atoms with van der Waals surface area (Å²) in [6.07, 6.45) is 5.33. The minimum absolute atomic E-state index is 0.0357. The molecule has 1 saturated heterocycles. The molecule has 5 nitrogen and oxygen atoms in total. The van der Waals surface area contributed by atoms with Crippen LogP contribution in [0, 0.1) is 0 Å². The van der Waals surface area contributed by atoms with Gasteiger partial charge in [-0.05, 0) is 37.8 Å². The van der Waals surface area contributed by atoms with Crippen molar-refractivity contribution in [2.45, 2.75) is 52.0 Å². The molecule has 1 aromatic rings. The van der Waals surface area contributed by atoms with E-state index in [1.165, 1.54) is 19.3 Å². The first-order chi connectivity index (χ1) is 9.24. The first-order valence-electron chi connectivity index (χ1n) is 7.14. The Balaban J connectivity index is 2.06. The van der Waals surface area contributed by atoms with E-state index in [1.54, 1.807) is 0 Å². The van der Waals surface area contributed by atoms with Gasteiger partial charge < -0.3 is 10.2 Å². The van der Waals surface area contributed by atoms with Gasteiger partial charge in [0, 0.05) is 19.0 Å². The Morgan fingerprint density at radius 3 is 2.84 bits per heavy atom. The highest BCUT2D eigenvalue weighted by Crippen LogP contribution is 2.24. The summed E-state index contributed by atoms with van der Waals surface area (Å²) in [5.41, 5.74) is 0. The highest BCUT2D eigenvalue weighted by molar-refractivity contribution is 5.89. The predicted molar refractivity (Wildman–Crippen MR) is 76.2 cm³/mol. The summed E-state index contributed by atoms with van der Waals surface area (Å²) in [6, 6.07) is 4.35. The number of carbonyl (C=O) groups is 1. The van der Waals surface area contributed by atoms with Crippen molar-refractivity contribution in [2.24, 2.45) is 0 Å². The van der Waals surface area contributed by atoms with E-state index in [2.05, 4.69) is 27.3 Å². The fourth-order valence-corrected chi connectivity index (χ4v) is 2.50. The smallest absolute Gasteiger partial charge is 0.225 e. The number of hydrogen-bond acceptors (Lipinski definition) is 4. The van der Waals surface area contributed by atoms with Gasteiger partial charge in [-0.3, -0.25) is 4.79 Å². The summed E-state index contributed by atoms with van der Waals surface area (Å²) in [5, 5.41) is 11.1. The lowest BCUT2D eigenvalue weighted by Gasteiger charge is -2.35. The number of nitrogens with one attached hydrogen (secondary N) is 1. The SMILES string of the molecule is CCC(=O)Nc1ccc(N2CCCCC2CC)nn1. The highest BCUT2D eigenvalue weighted by atomic mass is 16.1. The standard InChI is InChI=1S/C14H22N4O/c1-3-11-7-5-6-10-18(11)13-9-8-12(16-17-13)15-14(19)4-2/h8-9,11H,3-7,10H2,1-2H3,(H,15,16,19). The molecule has 0 spiro atoms. The normalized spacial score (nSPS) is 19.3. The summed E-state index contributed by atoms with van der Waals surface area (Å²) in [4.78, 5) is 13.6. The zero-order chi connectivity index (χ0) is 13.7. The van der Waals surface area contributed by atoms with Gasteiger partial charge in [0.1, 0.15) is 0 Å². The van der Waals surface area contributed by atoms with E-state index in [-0.39, 0.29) is 5.91 Å². The predicted octanol–water partition coefficient (Wildman–Crippen LogP) is 2.59. The van der Waals surface area contributed by atoms with E-state index in [4.69, 9.17) is 0 Å². The number of amides is 1. The maximum Gasteiger partial charge on any atom is 0.225 e. The van der Waals surface area contributed by atoms with Crippen LogP contribution in [0.4, 0.5) is 11.6 Å². The fourth-order valence-electron chi connectivity index (χ4n) is 2.50. The number of hydrogen-bond donors (Lipinski definition) is 1. The molecule has 1 aliphatic rings. The highest BCUT2D eigenvalue weighted by Gasteiger charge is 2.22. The van der Waals surface area contributed by atoms with Gasteiger partial charge in [-0.2, -0.15) is 0 Å². The van der Waals surface area contributed by atoms with Crippen LogP contribution < -0.4 is 10.2 Å². The number of carbonyl (C=O) groups excluding carboxylic acids is 1. The Hall–Kier alpha value is -1.65. The van der Waals surface area contributed by atoms with Crippen LogP contribution in [-0.2, 0) is 4.79 Å². The summed E-state index contributed by atoms with van der Waals surface area (Å²) in [7, 11) is 0. The summed E-state index contributed by atoms with van der Waals surface area (Å²) in [5.74, 6) is 1.41. The largest absolute Gasteiger partial charge is 0.352 e. The minimum Gasteiger partial charge on any atom is -0.352 e. The summed E-state index contributed by atoms with van der Waals surface area (Å²) in [6.45, 7) is 5.08. The van der Waals surface area contributed by atoms with Crippen molar-refractivity contribution in [3.05, 3.63) is 12.1 Å². The molecule has 1 amide bonds. The molecule has 2 heterocycles. The zero-order valence-corrected chi connectivity index (χ0v) is 11.7. The Kier molecular flexibility index (Phi) is 4.71. The van der Waals surface area contributed by atoms with E-state index in [9.17, 15) is 4.79 Å². The van der Waals surface area contributed by atoms with Crippen LogP contribution in [0.5, 0.6) is 0 Å². The zero-order valence-electron chi connectivity index (χ0n) is 11.7. The van der Waals surface area contributed by atoms with Crippen LogP contribution in [0.1, 0.15) is 46.0 Å². The van der Waals surface area contributed by atoms with Crippen molar-refractivity contribution in [3.63, 3.8) is 0 Å². The molecule has 0 radical (unpaired) electrons. The number of rotatable bonds is 4. The number of nitrogens with zero attached hydrogens (tertiary/aromatic N) is 3. The fraction of sp³-hybridized carbons (Fsp3) is 0.643. The van der Waals surface area contributed by atoms with Crippen molar-refractivity contribution >= 4 is 17.5 Å². The van der Waals surface area contributed by atoms with E-state index in [1.807, 2.05) is 19.1 Å². The third-order valence-corrected chi connectivity index (χ3v) is 3.63. The monoisotopic (exact) mass is 262 g/mol. The number of piperidine rings is 1. The van der Waals surface area contributed by atoms with Crippen LogP contribution in [0.25, 0.3) is 0 Å². The molecular formula is C14H22N4O. The van der Waals surface area contributed by atoms with Crippen molar-refractivity contribution in [1.82, 2.24) is 10.2 Å². The molecule has 1 aliphatic heterocycles. The van der Waals surface area contributed by atoms with Gasteiger partial charge in [-0.15, -0.1) is 10.2 Å². The van der Waals surface area contributed by atoms with E-state index in [0.29, 0.717) is 18.3 Å². The van der Waals surface area contributed by atoms with E-state index < -0.39 is 0 Å². The molecule has 0 saturated carbocycles. The van der Waals surface area contributed by atoms with Gasteiger partial charge >= 0.3 is 0 Å². The van der Waals surface area contributed by atoms with Crippen molar-refractivity contribution in [3.8, 4) is 0 Å². The number of aromatic nitrogens is 2. The second-order valence-electron chi connectivity index (χ2n) is 4.93. The lowest BCUT2D eigenvalue weighted by atomic mass is 10.0. The van der Waals surface area contributed by atoms with Gasteiger partial charge in [0.25, 0.3) is 0 Å². The third kappa shape index (κ3) is 3.43. The van der Waals surface area contributed by atoms with Crippen molar-refractivity contribution in [2.75, 3.05) is 16.8 Å². The summed E-state index contributed by atoms with van der Waals surface area (Å²) < 4.78 is 0. The topological polar surface area (TPSA) is 58.1 Å². The van der Waals surface area contributed by atoms with Crippen LogP contribution in [-0.4, -0.2) is 28.7 Å². The molecular weight excluding hydrogens is 240 g/mol. The van der Waals surface area contributed by atoms with Crippen LogP contribution >= 0.6 is 0 Å². The van der Waals surface area contributed by atoms with Crippen LogP contribution in [0.15, 0.2) is 12.1 Å². The van der Waals surface area contributed by atoms with Crippen LogP contribution in [0.2, 0.25) is 0 Å². The molecule has 104 valence electrons. The van der Waals surface area contributed by atoms with Crippen molar-refractivity contribution < 1.29 is 4.79 Å². The molecule has 1 atom stereocenters. The molecule has 19 heavy (non-hydrogen) atoms. The minimum atomic E-state index is -0.0357. The van der Waals surface area contributed by atoms with E-state index in [0.717, 1.165) is 18.8 Å². The number of anilines is 2. The average Bonchev–Trinajstić information content (AvgIpc) is 2.48. The molecule has 0 aromatic carbocycles. The Morgan fingerprint density at radius 1 is 1.37 bits per heavy atom. The van der Waals surface area contributed by atoms with Gasteiger partial charge in [0.2, 0.25) is 5.91 Å².